The van der Waals surface area contributed by atoms with Crippen LogP contribution in [0.25, 0.3) is 21.5 Å². The van der Waals surface area contributed by atoms with Gasteiger partial charge in [0.25, 0.3) is 0 Å². The van der Waals surface area contributed by atoms with Crippen LogP contribution in [0.15, 0.2) is 85.5 Å². The van der Waals surface area contributed by atoms with Gasteiger partial charge in [0.2, 0.25) is 0 Å². The molecule has 124 valence electrons. The zero-order chi connectivity index (χ0) is 16.9. The Labute approximate surface area is 149 Å². The third-order valence-electron chi connectivity index (χ3n) is 4.83. The molecule has 2 aromatic heterocycles. The molecule has 0 aliphatic rings. The lowest BCUT2D eigenvalue weighted by atomic mass is 10.1. The van der Waals surface area contributed by atoms with Crippen molar-refractivity contribution in [3.63, 3.8) is 0 Å². The molecule has 4 aromatic rings. The average molecular weight is 328 g/mol. The van der Waals surface area contributed by atoms with E-state index in [1.807, 2.05) is 0 Å². The van der Waals surface area contributed by atoms with Crippen molar-refractivity contribution in [2.45, 2.75) is 32.4 Å². The van der Waals surface area contributed by atoms with Gasteiger partial charge in [0.05, 0.1) is 0 Å². The first-order valence-electron chi connectivity index (χ1n) is 9.14. The van der Waals surface area contributed by atoms with Gasteiger partial charge in [-0.05, 0) is 29.3 Å². The number of aryl methyl sites for hydroxylation is 2. The van der Waals surface area contributed by atoms with Gasteiger partial charge < -0.3 is 0 Å². The molecule has 0 N–H and O–H groups in total. The summed E-state index contributed by atoms with van der Waals surface area (Å²) in [6.45, 7) is 2.18. The Morgan fingerprint density at radius 1 is 0.480 bits per heavy atom. The van der Waals surface area contributed by atoms with Gasteiger partial charge in [0.15, 0.2) is 24.8 Å². The van der Waals surface area contributed by atoms with Gasteiger partial charge in [-0.1, -0.05) is 36.4 Å². The van der Waals surface area contributed by atoms with Crippen LogP contribution in [0.2, 0.25) is 0 Å². The number of pyridine rings is 2. The molecule has 0 bridgehead atoms. The Bertz CT molecular complexity index is 910. The number of unbranched alkanes of at least 4 members (excludes halogenated alkanes) is 2. The fourth-order valence-corrected chi connectivity index (χ4v) is 3.40. The number of rotatable bonds is 6. The fraction of sp³-hybridized carbons (Fsp3) is 0.217. The van der Waals surface area contributed by atoms with E-state index in [9.17, 15) is 0 Å². The molecule has 0 amide bonds. The van der Waals surface area contributed by atoms with E-state index in [1.54, 1.807) is 0 Å². The zero-order valence-electron chi connectivity index (χ0n) is 14.5. The first kappa shape index (κ1) is 15.8. The Morgan fingerprint density at radius 3 is 1.40 bits per heavy atom. The van der Waals surface area contributed by atoms with Crippen LogP contribution in [0.1, 0.15) is 19.3 Å². The molecule has 0 fully saturated rings. The van der Waals surface area contributed by atoms with E-state index in [1.165, 1.54) is 40.8 Å². The van der Waals surface area contributed by atoms with E-state index in [2.05, 4.69) is 94.6 Å². The molecular weight excluding hydrogens is 304 g/mol. The van der Waals surface area contributed by atoms with Gasteiger partial charge in [-0.2, -0.15) is 0 Å². The Balaban J connectivity index is 1.28. The third-order valence-corrected chi connectivity index (χ3v) is 4.83. The summed E-state index contributed by atoms with van der Waals surface area (Å²) in [5.74, 6) is 0. The van der Waals surface area contributed by atoms with Crippen molar-refractivity contribution in [2.24, 2.45) is 0 Å². The van der Waals surface area contributed by atoms with Crippen molar-refractivity contribution in [3.05, 3.63) is 85.5 Å². The molecule has 0 saturated heterocycles. The zero-order valence-corrected chi connectivity index (χ0v) is 14.5. The van der Waals surface area contributed by atoms with Gasteiger partial charge in [-0.25, -0.2) is 9.13 Å². The minimum absolute atomic E-state index is 1.09. The quantitative estimate of drug-likeness (QED) is 0.365. The van der Waals surface area contributed by atoms with E-state index in [4.69, 9.17) is 0 Å². The Hall–Kier alpha value is -2.74. The van der Waals surface area contributed by atoms with Gasteiger partial charge in [0.1, 0.15) is 13.1 Å². The fourth-order valence-electron chi connectivity index (χ4n) is 3.40. The molecule has 2 aromatic carbocycles. The van der Waals surface area contributed by atoms with E-state index < -0.39 is 0 Å². The highest BCUT2D eigenvalue weighted by Crippen LogP contribution is 2.11. The van der Waals surface area contributed by atoms with Crippen molar-refractivity contribution in [1.29, 1.82) is 0 Å². The highest BCUT2D eigenvalue weighted by atomic mass is 14.9. The molecular formula is C23H24N2+2. The monoisotopic (exact) mass is 328 g/mol. The van der Waals surface area contributed by atoms with Gasteiger partial charge >= 0.3 is 0 Å². The molecule has 0 aliphatic carbocycles. The maximum absolute atomic E-state index is 2.31. The van der Waals surface area contributed by atoms with Gasteiger partial charge in [-0.3, -0.25) is 0 Å². The summed E-state index contributed by atoms with van der Waals surface area (Å²) >= 11 is 0. The second kappa shape index (κ2) is 7.43. The van der Waals surface area contributed by atoms with Crippen molar-refractivity contribution in [1.82, 2.24) is 0 Å². The summed E-state index contributed by atoms with van der Waals surface area (Å²) < 4.78 is 4.62. The summed E-state index contributed by atoms with van der Waals surface area (Å²) in [5.41, 5.74) is 0. The topological polar surface area (TPSA) is 7.76 Å². The predicted octanol–water partition coefficient (Wildman–Crippen LogP) is 4.44. The number of benzene rings is 2. The smallest absolute Gasteiger partial charge is 0.176 e. The Morgan fingerprint density at radius 2 is 0.920 bits per heavy atom. The van der Waals surface area contributed by atoms with Crippen molar-refractivity contribution in [2.75, 3.05) is 0 Å². The van der Waals surface area contributed by atoms with Gasteiger partial charge in [0, 0.05) is 35.7 Å². The number of aromatic nitrogens is 2. The molecule has 0 atom stereocenters. The largest absolute Gasteiger partial charge is 0.205 e. The second-order valence-electron chi connectivity index (χ2n) is 6.68. The molecule has 0 spiro atoms. The van der Waals surface area contributed by atoms with Crippen LogP contribution in [0.4, 0.5) is 0 Å². The maximum Gasteiger partial charge on any atom is 0.176 e. The van der Waals surface area contributed by atoms with Gasteiger partial charge in [-0.15, -0.1) is 0 Å². The van der Waals surface area contributed by atoms with Crippen molar-refractivity contribution in [3.8, 4) is 0 Å². The van der Waals surface area contributed by atoms with E-state index in [0.29, 0.717) is 0 Å². The molecule has 0 unspecified atom stereocenters. The summed E-state index contributed by atoms with van der Waals surface area (Å²) in [6, 6.07) is 21.5. The molecule has 0 radical (unpaired) electrons. The predicted molar refractivity (Wildman–Crippen MR) is 102 cm³/mol. The summed E-state index contributed by atoms with van der Waals surface area (Å²) in [6.07, 6.45) is 12.6. The first-order valence-corrected chi connectivity index (χ1v) is 9.14. The van der Waals surface area contributed by atoms with Crippen LogP contribution < -0.4 is 9.13 Å². The maximum atomic E-state index is 2.31. The molecule has 2 nitrogen and oxygen atoms in total. The van der Waals surface area contributed by atoms with Crippen molar-refractivity contribution < 1.29 is 9.13 Å². The number of nitrogens with zero attached hydrogens (tertiary/aromatic N) is 2. The van der Waals surface area contributed by atoms with Crippen molar-refractivity contribution >= 4 is 21.5 Å². The normalized spacial score (nSPS) is 11.2. The number of fused-ring (bicyclic) bond motifs is 2. The minimum Gasteiger partial charge on any atom is -0.205 e. The average Bonchev–Trinajstić information content (AvgIpc) is 2.67. The highest BCUT2D eigenvalue weighted by molar-refractivity contribution is 5.80. The van der Waals surface area contributed by atoms with Crippen LogP contribution in [-0.2, 0) is 13.1 Å². The molecule has 0 saturated carbocycles. The number of hydrogen-bond donors (Lipinski definition) is 0. The first-order chi connectivity index (χ1) is 12.4. The third kappa shape index (κ3) is 3.85. The minimum atomic E-state index is 1.09. The van der Waals surface area contributed by atoms with Crippen LogP contribution >= 0.6 is 0 Å². The van der Waals surface area contributed by atoms with Crippen LogP contribution in [-0.4, -0.2) is 0 Å². The molecule has 2 heterocycles. The second-order valence-corrected chi connectivity index (χ2v) is 6.68. The lowest BCUT2D eigenvalue weighted by Gasteiger charge is -2.01. The molecule has 25 heavy (non-hydrogen) atoms. The van der Waals surface area contributed by atoms with E-state index >= 15 is 0 Å². The highest BCUT2D eigenvalue weighted by Gasteiger charge is 2.05. The molecule has 0 aliphatic heterocycles. The Kier molecular flexibility index (Phi) is 4.69. The SMILES string of the molecule is c1ccc2c[n+](CCCCC[n+]3ccc4ccccc4c3)ccc2c1. The van der Waals surface area contributed by atoms with E-state index in [0.717, 1.165) is 13.1 Å². The lowest BCUT2D eigenvalue weighted by molar-refractivity contribution is -0.699. The summed E-state index contributed by atoms with van der Waals surface area (Å²) in [5, 5.41) is 5.26. The summed E-state index contributed by atoms with van der Waals surface area (Å²) in [7, 11) is 0. The van der Waals surface area contributed by atoms with Crippen LogP contribution in [0.5, 0.6) is 0 Å². The van der Waals surface area contributed by atoms with Crippen LogP contribution in [0, 0.1) is 0 Å². The van der Waals surface area contributed by atoms with E-state index in [-0.39, 0.29) is 0 Å². The van der Waals surface area contributed by atoms with Crippen LogP contribution in [0.3, 0.4) is 0 Å². The molecule has 4 rings (SSSR count). The lowest BCUT2D eigenvalue weighted by Crippen LogP contribution is -2.34. The standard InChI is InChI=1S/C23H24N2/c1(6-14-24-16-12-20-8-2-4-10-22(20)18-24)7-15-25-17-13-21-9-3-5-11-23(21)19-25/h2-5,8-13,16-19H,1,6-7,14-15H2/q+2. The number of hydrogen-bond acceptors (Lipinski definition) is 0. The summed E-state index contributed by atoms with van der Waals surface area (Å²) in [4.78, 5) is 0. The molecule has 2 heteroatoms.